The number of ketones is 2. The van der Waals surface area contributed by atoms with Gasteiger partial charge in [0.2, 0.25) is 0 Å². The predicted molar refractivity (Wildman–Crippen MR) is 63.8 cm³/mol. The van der Waals surface area contributed by atoms with Gasteiger partial charge < -0.3 is 4.74 Å². The molecule has 1 unspecified atom stereocenters. The van der Waals surface area contributed by atoms with E-state index in [0.29, 0.717) is 19.4 Å². The van der Waals surface area contributed by atoms with Crippen LogP contribution >= 0.6 is 0 Å². The molecule has 0 radical (unpaired) electrons. The predicted octanol–water partition coefficient (Wildman–Crippen LogP) is 1.71. The third kappa shape index (κ3) is 3.01. The molecule has 0 aromatic heterocycles. The number of ether oxygens (including phenoxy) is 1. The maximum absolute atomic E-state index is 12.0. The van der Waals surface area contributed by atoms with E-state index < -0.39 is 5.92 Å². The fourth-order valence-electron chi connectivity index (χ4n) is 1.94. The molecule has 0 spiro atoms. The van der Waals surface area contributed by atoms with Crippen molar-refractivity contribution >= 4 is 11.6 Å². The van der Waals surface area contributed by atoms with Gasteiger partial charge in [-0.1, -0.05) is 29.8 Å². The number of aryl methyl sites for hydroxylation is 1. The first-order valence-corrected chi connectivity index (χ1v) is 5.85. The molecule has 2 rings (SSSR count). The lowest BCUT2D eigenvalue weighted by Gasteiger charge is -2.19. The Morgan fingerprint density at radius 2 is 2.06 bits per heavy atom. The fraction of sp³-hybridized carbons (Fsp3) is 0.429. The van der Waals surface area contributed by atoms with Crippen molar-refractivity contribution in [3.8, 4) is 0 Å². The zero-order chi connectivity index (χ0) is 12.3. The molecular weight excluding hydrogens is 216 g/mol. The third-order valence-corrected chi connectivity index (χ3v) is 3.05. The van der Waals surface area contributed by atoms with Crippen LogP contribution in [0.25, 0.3) is 0 Å². The van der Waals surface area contributed by atoms with Crippen molar-refractivity contribution in [2.75, 3.05) is 13.2 Å². The molecule has 0 saturated carbocycles. The summed E-state index contributed by atoms with van der Waals surface area (Å²) < 4.78 is 5.19. The highest BCUT2D eigenvalue weighted by Gasteiger charge is 2.29. The molecule has 0 bridgehead atoms. The van der Waals surface area contributed by atoms with Crippen LogP contribution in [0.5, 0.6) is 0 Å². The van der Waals surface area contributed by atoms with Gasteiger partial charge in [0, 0.05) is 12.8 Å². The topological polar surface area (TPSA) is 43.4 Å². The van der Waals surface area contributed by atoms with Gasteiger partial charge >= 0.3 is 0 Å². The summed E-state index contributed by atoms with van der Waals surface area (Å²) in [7, 11) is 0. The molecule has 1 saturated heterocycles. The largest absolute Gasteiger partial charge is 0.380 e. The number of rotatable bonds is 3. The van der Waals surface area contributed by atoms with Crippen LogP contribution in [-0.4, -0.2) is 24.8 Å². The number of hydrogen-bond acceptors (Lipinski definition) is 3. The molecular formula is C14H16O3. The monoisotopic (exact) mass is 232 g/mol. The van der Waals surface area contributed by atoms with Crippen LogP contribution in [0, 0.1) is 12.8 Å². The third-order valence-electron chi connectivity index (χ3n) is 3.05. The average Bonchev–Trinajstić information content (AvgIpc) is 2.32. The summed E-state index contributed by atoms with van der Waals surface area (Å²) in [5.74, 6) is -0.558. The maximum atomic E-state index is 12.0. The molecule has 1 heterocycles. The van der Waals surface area contributed by atoms with Gasteiger partial charge in [0.05, 0.1) is 19.1 Å². The van der Waals surface area contributed by atoms with Gasteiger partial charge in [-0.15, -0.1) is 0 Å². The first kappa shape index (κ1) is 12.0. The summed E-state index contributed by atoms with van der Waals surface area (Å²) in [6.45, 7) is 2.71. The maximum Gasteiger partial charge on any atom is 0.150 e. The van der Waals surface area contributed by atoms with Crippen LogP contribution in [0.15, 0.2) is 24.3 Å². The van der Waals surface area contributed by atoms with Crippen molar-refractivity contribution in [3.05, 3.63) is 35.4 Å². The summed E-state index contributed by atoms with van der Waals surface area (Å²) in [5.41, 5.74) is 2.12. The highest BCUT2D eigenvalue weighted by molar-refractivity contribution is 6.03. The van der Waals surface area contributed by atoms with Crippen molar-refractivity contribution in [2.24, 2.45) is 5.92 Å². The molecule has 90 valence electrons. The Morgan fingerprint density at radius 3 is 2.71 bits per heavy atom. The quantitative estimate of drug-likeness (QED) is 0.745. The van der Waals surface area contributed by atoms with E-state index in [2.05, 4.69) is 0 Å². The molecule has 3 nitrogen and oxygen atoms in total. The van der Waals surface area contributed by atoms with Crippen molar-refractivity contribution in [3.63, 3.8) is 0 Å². The Hall–Kier alpha value is -1.48. The van der Waals surface area contributed by atoms with Crippen molar-refractivity contribution in [1.82, 2.24) is 0 Å². The Kier molecular flexibility index (Phi) is 3.69. The molecule has 1 atom stereocenters. The second kappa shape index (κ2) is 5.23. The fourth-order valence-corrected chi connectivity index (χ4v) is 1.94. The second-order valence-corrected chi connectivity index (χ2v) is 4.47. The number of carbonyl (C=O) groups excluding carboxylic acids is 2. The number of benzene rings is 1. The lowest BCUT2D eigenvalue weighted by atomic mass is 9.92. The van der Waals surface area contributed by atoms with Gasteiger partial charge in [0.15, 0.2) is 0 Å². The van der Waals surface area contributed by atoms with Crippen molar-refractivity contribution in [2.45, 2.75) is 19.8 Å². The van der Waals surface area contributed by atoms with E-state index in [9.17, 15) is 9.59 Å². The minimum atomic E-state index is -0.551. The van der Waals surface area contributed by atoms with Crippen LogP contribution in [0.3, 0.4) is 0 Å². The van der Waals surface area contributed by atoms with Gasteiger partial charge in [-0.05, 0) is 12.5 Å². The summed E-state index contributed by atoms with van der Waals surface area (Å²) in [6, 6.07) is 7.81. The van der Waals surface area contributed by atoms with Crippen LogP contribution in [0.2, 0.25) is 0 Å². The summed E-state index contributed by atoms with van der Waals surface area (Å²) in [5, 5.41) is 0. The lowest BCUT2D eigenvalue weighted by Crippen LogP contribution is -2.34. The van der Waals surface area contributed by atoms with E-state index in [1.807, 2.05) is 31.2 Å². The van der Waals surface area contributed by atoms with E-state index in [1.165, 1.54) is 5.56 Å². The van der Waals surface area contributed by atoms with E-state index in [4.69, 9.17) is 4.74 Å². The van der Waals surface area contributed by atoms with E-state index in [1.54, 1.807) is 0 Å². The van der Waals surface area contributed by atoms with E-state index >= 15 is 0 Å². The SMILES string of the molecule is Cc1ccc(CC(=O)C2COCCC2=O)cc1. The Bertz CT molecular complexity index is 420. The zero-order valence-corrected chi connectivity index (χ0v) is 9.94. The molecule has 1 aromatic carbocycles. The highest BCUT2D eigenvalue weighted by atomic mass is 16.5. The molecule has 1 fully saturated rings. The van der Waals surface area contributed by atoms with Crippen LogP contribution in [0.4, 0.5) is 0 Å². The first-order chi connectivity index (χ1) is 8.16. The van der Waals surface area contributed by atoms with Gasteiger partial charge in [0.1, 0.15) is 11.6 Å². The first-order valence-electron chi connectivity index (χ1n) is 5.85. The number of carbonyl (C=O) groups is 2. The Labute approximate surface area is 101 Å². The number of Topliss-reactive ketones (excluding diaryl/α,β-unsaturated/α-hetero) is 2. The standard InChI is InChI=1S/C14H16O3/c1-10-2-4-11(5-3-10)8-14(16)12-9-17-7-6-13(12)15/h2-5,12H,6-9H2,1H3. The zero-order valence-electron chi connectivity index (χ0n) is 9.94. The van der Waals surface area contributed by atoms with Gasteiger partial charge in [-0.3, -0.25) is 9.59 Å². The molecule has 0 aliphatic carbocycles. The summed E-state index contributed by atoms with van der Waals surface area (Å²) in [4.78, 5) is 23.5. The van der Waals surface area contributed by atoms with Crippen LogP contribution < -0.4 is 0 Å². The van der Waals surface area contributed by atoms with Crippen LogP contribution in [0.1, 0.15) is 17.5 Å². The van der Waals surface area contributed by atoms with Gasteiger partial charge in [-0.25, -0.2) is 0 Å². The smallest absolute Gasteiger partial charge is 0.150 e. The summed E-state index contributed by atoms with van der Waals surface area (Å²) in [6.07, 6.45) is 0.685. The van der Waals surface area contributed by atoms with E-state index in [0.717, 1.165) is 5.56 Å². The molecule has 1 aromatic rings. The molecule has 0 N–H and O–H groups in total. The normalized spacial score (nSPS) is 20.3. The molecule has 0 amide bonds. The molecule has 1 aliphatic rings. The second-order valence-electron chi connectivity index (χ2n) is 4.47. The molecule has 3 heteroatoms. The summed E-state index contributed by atoms with van der Waals surface area (Å²) >= 11 is 0. The average molecular weight is 232 g/mol. The minimum Gasteiger partial charge on any atom is -0.380 e. The highest BCUT2D eigenvalue weighted by Crippen LogP contribution is 2.14. The minimum absolute atomic E-state index is 0.0216. The van der Waals surface area contributed by atoms with Crippen LogP contribution in [-0.2, 0) is 20.7 Å². The molecule has 17 heavy (non-hydrogen) atoms. The Balaban J connectivity index is 2.00. The van der Waals surface area contributed by atoms with Crippen molar-refractivity contribution in [1.29, 1.82) is 0 Å². The molecule has 1 aliphatic heterocycles. The van der Waals surface area contributed by atoms with Gasteiger partial charge in [0.25, 0.3) is 0 Å². The number of hydrogen-bond donors (Lipinski definition) is 0. The van der Waals surface area contributed by atoms with Gasteiger partial charge in [-0.2, -0.15) is 0 Å². The van der Waals surface area contributed by atoms with Crippen molar-refractivity contribution < 1.29 is 14.3 Å². The Morgan fingerprint density at radius 1 is 1.35 bits per heavy atom. The lowest BCUT2D eigenvalue weighted by molar-refractivity contribution is -0.139. The van der Waals surface area contributed by atoms with E-state index in [-0.39, 0.29) is 18.2 Å².